The minimum absolute atomic E-state index is 0.336. The molecule has 0 unspecified atom stereocenters. The van der Waals surface area contributed by atoms with Gasteiger partial charge in [0.05, 0.1) is 25.5 Å². The lowest BCUT2D eigenvalue weighted by Gasteiger charge is -2.09. The van der Waals surface area contributed by atoms with E-state index in [9.17, 15) is 4.79 Å². The first-order chi connectivity index (χ1) is 10.7. The number of nitrogens with zero attached hydrogens (tertiary/aromatic N) is 2. The van der Waals surface area contributed by atoms with Gasteiger partial charge in [-0.3, -0.25) is 9.78 Å². The van der Waals surface area contributed by atoms with Crippen molar-refractivity contribution in [2.24, 2.45) is 5.10 Å². The van der Waals surface area contributed by atoms with Gasteiger partial charge in [0.1, 0.15) is 11.5 Å². The molecule has 0 aliphatic rings. The van der Waals surface area contributed by atoms with Gasteiger partial charge in [-0.1, -0.05) is 11.6 Å². The van der Waals surface area contributed by atoms with Crippen LogP contribution in [-0.2, 0) is 0 Å². The van der Waals surface area contributed by atoms with Crippen LogP contribution in [-0.4, -0.2) is 31.3 Å². The number of hydrazone groups is 1. The number of hydrogen-bond donors (Lipinski definition) is 1. The molecule has 0 spiro atoms. The molecule has 0 saturated heterocycles. The molecule has 0 aliphatic heterocycles. The molecule has 22 heavy (non-hydrogen) atoms. The molecule has 0 aliphatic carbocycles. The minimum atomic E-state index is -0.336. The number of halogens is 1. The molecular formula is C15H14ClN3O3. The number of carbonyl (C=O) groups is 1. The normalized spacial score (nSPS) is 10.5. The zero-order valence-corrected chi connectivity index (χ0v) is 12.8. The number of pyridine rings is 1. The Morgan fingerprint density at radius 2 is 1.91 bits per heavy atom. The topological polar surface area (TPSA) is 72.8 Å². The van der Waals surface area contributed by atoms with Crippen LogP contribution in [0, 0.1) is 0 Å². The second-order valence-electron chi connectivity index (χ2n) is 4.16. The van der Waals surface area contributed by atoms with E-state index in [1.165, 1.54) is 32.8 Å². The van der Waals surface area contributed by atoms with Crippen molar-refractivity contribution < 1.29 is 14.3 Å². The van der Waals surface area contributed by atoms with Crippen molar-refractivity contribution in [3.05, 3.63) is 52.8 Å². The smallest absolute Gasteiger partial charge is 0.271 e. The van der Waals surface area contributed by atoms with Gasteiger partial charge in [-0.25, -0.2) is 5.43 Å². The van der Waals surface area contributed by atoms with E-state index in [-0.39, 0.29) is 5.91 Å². The van der Waals surface area contributed by atoms with Crippen molar-refractivity contribution in [2.45, 2.75) is 0 Å². The average Bonchev–Trinajstić information content (AvgIpc) is 2.55. The van der Waals surface area contributed by atoms with E-state index < -0.39 is 0 Å². The number of carbonyl (C=O) groups excluding carboxylic acids is 1. The molecule has 2 rings (SSSR count). The van der Waals surface area contributed by atoms with Gasteiger partial charge >= 0.3 is 0 Å². The molecule has 6 nitrogen and oxygen atoms in total. The van der Waals surface area contributed by atoms with Crippen molar-refractivity contribution in [1.82, 2.24) is 10.4 Å². The van der Waals surface area contributed by atoms with E-state index in [1.807, 2.05) is 0 Å². The summed E-state index contributed by atoms with van der Waals surface area (Å²) in [6.45, 7) is 0. The zero-order chi connectivity index (χ0) is 15.9. The van der Waals surface area contributed by atoms with Crippen molar-refractivity contribution in [3.8, 4) is 11.5 Å². The van der Waals surface area contributed by atoms with Gasteiger partial charge in [-0.15, -0.1) is 0 Å². The molecule has 2 aromatic rings. The van der Waals surface area contributed by atoms with Crippen molar-refractivity contribution in [1.29, 1.82) is 0 Å². The minimum Gasteiger partial charge on any atom is -0.496 e. The summed E-state index contributed by atoms with van der Waals surface area (Å²) < 4.78 is 10.3. The summed E-state index contributed by atoms with van der Waals surface area (Å²) in [5.74, 6) is 0.692. The number of ether oxygens (including phenoxy) is 2. The van der Waals surface area contributed by atoms with Crippen LogP contribution < -0.4 is 14.9 Å². The van der Waals surface area contributed by atoms with Gasteiger partial charge < -0.3 is 9.47 Å². The third-order valence-corrected chi connectivity index (χ3v) is 3.11. The van der Waals surface area contributed by atoms with E-state index >= 15 is 0 Å². The molecule has 0 radical (unpaired) electrons. The number of benzene rings is 1. The van der Waals surface area contributed by atoms with Gasteiger partial charge in [-0.05, 0) is 18.2 Å². The number of rotatable bonds is 5. The number of methoxy groups -OCH3 is 2. The Labute approximate surface area is 132 Å². The quantitative estimate of drug-likeness (QED) is 0.679. The second kappa shape index (κ2) is 7.42. The van der Waals surface area contributed by atoms with Gasteiger partial charge in [0.15, 0.2) is 0 Å². The summed E-state index contributed by atoms with van der Waals surface area (Å²) in [7, 11) is 3.04. The van der Waals surface area contributed by atoms with Crippen LogP contribution >= 0.6 is 11.6 Å². The summed E-state index contributed by atoms with van der Waals surface area (Å²) >= 11 is 6.06. The molecular weight excluding hydrogens is 306 g/mol. The Bertz CT molecular complexity index is 690. The van der Waals surface area contributed by atoms with E-state index in [1.54, 1.807) is 24.3 Å². The van der Waals surface area contributed by atoms with E-state index in [2.05, 4.69) is 15.5 Å². The summed E-state index contributed by atoms with van der Waals surface area (Å²) in [6.07, 6.45) is 4.51. The van der Waals surface area contributed by atoms with Crippen molar-refractivity contribution >= 4 is 23.7 Å². The third kappa shape index (κ3) is 3.73. The summed E-state index contributed by atoms with van der Waals surface area (Å²) in [4.78, 5) is 15.7. The molecule has 0 saturated carbocycles. The Kier molecular flexibility index (Phi) is 5.32. The lowest BCUT2D eigenvalue weighted by atomic mass is 10.2. The van der Waals surface area contributed by atoms with Crippen molar-refractivity contribution in [2.75, 3.05) is 14.2 Å². The summed E-state index contributed by atoms with van der Waals surface area (Å²) in [5.41, 5.74) is 3.50. The van der Waals surface area contributed by atoms with Gasteiger partial charge in [-0.2, -0.15) is 5.10 Å². The molecule has 1 aromatic heterocycles. The highest BCUT2D eigenvalue weighted by atomic mass is 35.5. The number of nitrogens with one attached hydrogen (secondary N) is 1. The average molecular weight is 320 g/mol. The zero-order valence-electron chi connectivity index (χ0n) is 12.0. The molecule has 1 aromatic carbocycles. The maximum absolute atomic E-state index is 11.8. The number of amides is 1. The first-order valence-electron chi connectivity index (χ1n) is 6.30. The maximum atomic E-state index is 11.8. The fraction of sp³-hybridized carbons (Fsp3) is 0.133. The Hall–Kier alpha value is -2.60. The SMILES string of the molecule is COc1cc(OC)c(/C=N\NC(=O)c2ccncc2)cc1Cl. The molecule has 0 bridgehead atoms. The maximum Gasteiger partial charge on any atom is 0.271 e. The first-order valence-corrected chi connectivity index (χ1v) is 6.68. The molecule has 0 fully saturated rings. The third-order valence-electron chi connectivity index (χ3n) is 2.82. The van der Waals surface area contributed by atoms with E-state index in [0.717, 1.165) is 0 Å². The van der Waals surface area contributed by atoms with E-state index in [4.69, 9.17) is 21.1 Å². The lowest BCUT2D eigenvalue weighted by Crippen LogP contribution is -2.17. The molecule has 114 valence electrons. The molecule has 7 heteroatoms. The summed E-state index contributed by atoms with van der Waals surface area (Å²) in [6, 6.07) is 6.47. The number of aromatic nitrogens is 1. The molecule has 1 amide bonds. The van der Waals surface area contributed by atoms with Gasteiger partial charge in [0.25, 0.3) is 5.91 Å². The van der Waals surface area contributed by atoms with Gasteiger partial charge in [0.2, 0.25) is 0 Å². The molecule has 0 atom stereocenters. The predicted molar refractivity (Wildman–Crippen MR) is 83.9 cm³/mol. The Balaban J connectivity index is 2.13. The van der Waals surface area contributed by atoms with Crippen LogP contribution in [0.2, 0.25) is 5.02 Å². The number of hydrogen-bond acceptors (Lipinski definition) is 5. The highest BCUT2D eigenvalue weighted by Crippen LogP contribution is 2.31. The van der Waals surface area contributed by atoms with Crippen LogP contribution in [0.1, 0.15) is 15.9 Å². The van der Waals surface area contributed by atoms with Crippen LogP contribution in [0.25, 0.3) is 0 Å². The van der Waals surface area contributed by atoms with Gasteiger partial charge in [0, 0.05) is 29.6 Å². The summed E-state index contributed by atoms with van der Waals surface area (Å²) in [5, 5.41) is 4.32. The Morgan fingerprint density at radius 3 is 2.55 bits per heavy atom. The highest BCUT2D eigenvalue weighted by molar-refractivity contribution is 6.32. The van der Waals surface area contributed by atoms with Crippen molar-refractivity contribution in [3.63, 3.8) is 0 Å². The monoisotopic (exact) mass is 319 g/mol. The predicted octanol–water partition coefficient (Wildman–Crippen LogP) is 2.52. The second-order valence-corrected chi connectivity index (χ2v) is 4.57. The van der Waals surface area contributed by atoms with E-state index in [0.29, 0.717) is 27.6 Å². The molecule has 1 N–H and O–H groups in total. The first kappa shape index (κ1) is 15.8. The fourth-order valence-corrected chi connectivity index (χ4v) is 1.96. The van der Waals surface area contributed by atoms with Crippen LogP contribution in [0.3, 0.4) is 0 Å². The van der Waals surface area contributed by atoms with Crippen LogP contribution in [0.4, 0.5) is 0 Å². The highest BCUT2D eigenvalue weighted by Gasteiger charge is 2.08. The lowest BCUT2D eigenvalue weighted by molar-refractivity contribution is 0.0955. The fourth-order valence-electron chi connectivity index (χ4n) is 1.71. The largest absolute Gasteiger partial charge is 0.496 e. The molecule has 1 heterocycles. The van der Waals surface area contributed by atoms with Crippen LogP contribution in [0.5, 0.6) is 11.5 Å². The Morgan fingerprint density at radius 1 is 1.23 bits per heavy atom. The van der Waals surface area contributed by atoms with Crippen LogP contribution in [0.15, 0.2) is 41.8 Å². The standard InChI is InChI=1S/C15H14ClN3O3/c1-21-13-8-14(22-2)12(16)7-11(13)9-18-19-15(20)10-3-5-17-6-4-10/h3-9H,1-2H3,(H,19,20)/b18-9-.